The summed E-state index contributed by atoms with van der Waals surface area (Å²) in [6.45, 7) is -0.0970. The van der Waals surface area contributed by atoms with Crippen molar-refractivity contribution in [2.24, 2.45) is 22.9 Å². The molecule has 136 valence electrons. The lowest BCUT2D eigenvalue weighted by Gasteiger charge is -2.47. The largest absolute Gasteiger partial charge is 0.390 e. The highest BCUT2D eigenvalue weighted by Crippen LogP contribution is 2.27. The first-order valence-electron chi connectivity index (χ1n) is 7.38. The summed E-state index contributed by atoms with van der Waals surface area (Å²) in [7, 11) is 0. The molecule has 0 radical (unpaired) electrons. The van der Waals surface area contributed by atoms with E-state index in [1.165, 1.54) is 0 Å². The normalized spacial score (nSPS) is 54.9. The van der Waals surface area contributed by atoms with Crippen molar-refractivity contribution in [1.82, 2.24) is 0 Å². The minimum atomic E-state index is -1.49. The van der Waals surface area contributed by atoms with Crippen LogP contribution in [-0.4, -0.2) is 99.2 Å². The molecule has 1 aliphatic carbocycles. The quantitative estimate of drug-likeness (QED) is 0.235. The summed E-state index contributed by atoms with van der Waals surface area (Å²) in [6.07, 6.45) is -10.3. The van der Waals surface area contributed by atoms with Crippen LogP contribution in [0, 0.1) is 0 Å². The van der Waals surface area contributed by atoms with Crippen molar-refractivity contribution in [1.29, 1.82) is 0 Å². The number of hydrogen-bond donors (Lipinski definition) is 9. The summed E-state index contributed by atoms with van der Waals surface area (Å²) in [4.78, 5) is 0. The third-order valence-electron chi connectivity index (χ3n) is 4.52. The first-order valence-corrected chi connectivity index (χ1v) is 7.38. The molecule has 1 saturated heterocycles. The number of hydrogen-bond acceptors (Lipinski definition) is 11. The fourth-order valence-corrected chi connectivity index (χ4v) is 2.90. The summed E-state index contributed by atoms with van der Waals surface area (Å²) in [5, 5.41) is 49.5. The summed E-state index contributed by atoms with van der Waals surface area (Å²) < 4.78 is 10.9. The van der Waals surface area contributed by atoms with Gasteiger partial charge < -0.3 is 57.9 Å². The van der Waals surface area contributed by atoms with Crippen molar-refractivity contribution in [3.8, 4) is 0 Å². The highest BCUT2D eigenvalue weighted by molar-refractivity contribution is 5.04. The van der Waals surface area contributed by atoms with Gasteiger partial charge in [0.1, 0.15) is 36.6 Å². The molecule has 2 aliphatic rings. The second-order valence-electron chi connectivity index (χ2n) is 6.06. The minimum absolute atomic E-state index is 0.0970. The van der Waals surface area contributed by atoms with Gasteiger partial charge in [-0.25, -0.2) is 0 Å². The van der Waals surface area contributed by atoms with Gasteiger partial charge in [0.05, 0.1) is 24.2 Å². The summed E-state index contributed by atoms with van der Waals surface area (Å²) >= 11 is 0. The van der Waals surface area contributed by atoms with Gasteiger partial charge in [-0.05, 0) is 0 Å². The number of nitrogens with two attached hydrogens (primary N) is 4. The lowest BCUT2D eigenvalue weighted by molar-refractivity contribution is -0.292. The van der Waals surface area contributed by atoms with E-state index < -0.39 is 67.1 Å². The zero-order valence-electron chi connectivity index (χ0n) is 12.4. The molecule has 0 unspecified atom stereocenters. The Bertz CT molecular complexity index is 388. The molecular weight excluding hydrogens is 312 g/mol. The first kappa shape index (κ1) is 18.9. The van der Waals surface area contributed by atoms with Gasteiger partial charge in [0.25, 0.3) is 0 Å². The van der Waals surface area contributed by atoms with Crippen molar-refractivity contribution in [2.45, 2.75) is 67.1 Å². The molecule has 0 aromatic heterocycles. The topological polar surface area (TPSA) is 224 Å². The Labute approximate surface area is 132 Å². The van der Waals surface area contributed by atoms with Crippen LogP contribution in [0.2, 0.25) is 0 Å². The van der Waals surface area contributed by atoms with Crippen LogP contribution in [0.25, 0.3) is 0 Å². The van der Waals surface area contributed by atoms with Gasteiger partial charge in [0.2, 0.25) is 0 Å². The molecule has 0 amide bonds. The van der Waals surface area contributed by atoms with Gasteiger partial charge in [0, 0.05) is 6.54 Å². The zero-order valence-corrected chi connectivity index (χ0v) is 12.4. The van der Waals surface area contributed by atoms with Crippen LogP contribution < -0.4 is 22.9 Å². The third kappa shape index (κ3) is 3.36. The summed E-state index contributed by atoms with van der Waals surface area (Å²) in [6, 6.07) is -3.39. The Morgan fingerprint density at radius 1 is 0.739 bits per heavy atom. The average molecular weight is 338 g/mol. The summed E-state index contributed by atoms with van der Waals surface area (Å²) in [5.41, 5.74) is 22.6. The maximum atomic E-state index is 10.1. The van der Waals surface area contributed by atoms with Crippen LogP contribution in [0.4, 0.5) is 0 Å². The Morgan fingerprint density at radius 2 is 1.30 bits per heavy atom. The van der Waals surface area contributed by atoms with E-state index in [1.54, 1.807) is 0 Å². The molecule has 13 N–H and O–H groups in total. The molecule has 0 aromatic rings. The molecule has 1 heterocycles. The zero-order chi connectivity index (χ0) is 17.5. The van der Waals surface area contributed by atoms with E-state index in [0.717, 1.165) is 0 Å². The van der Waals surface area contributed by atoms with Gasteiger partial charge in [-0.3, -0.25) is 0 Å². The van der Waals surface area contributed by atoms with Crippen molar-refractivity contribution in [3.05, 3.63) is 0 Å². The van der Waals surface area contributed by atoms with Crippen molar-refractivity contribution in [3.63, 3.8) is 0 Å². The predicted octanol–water partition coefficient (Wildman–Crippen LogP) is -6.14. The number of rotatable bonds is 3. The lowest BCUT2D eigenvalue weighted by Crippen LogP contribution is -2.71. The van der Waals surface area contributed by atoms with E-state index in [2.05, 4.69) is 0 Å². The summed E-state index contributed by atoms with van der Waals surface area (Å²) in [5.74, 6) is 0. The van der Waals surface area contributed by atoms with E-state index >= 15 is 0 Å². The van der Waals surface area contributed by atoms with Crippen molar-refractivity contribution < 1.29 is 35.0 Å². The lowest BCUT2D eigenvalue weighted by atomic mass is 9.82. The van der Waals surface area contributed by atoms with E-state index in [-0.39, 0.29) is 6.54 Å². The van der Waals surface area contributed by atoms with Crippen LogP contribution in [0.15, 0.2) is 0 Å². The second-order valence-corrected chi connectivity index (χ2v) is 6.06. The van der Waals surface area contributed by atoms with Gasteiger partial charge in [-0.2, -0.15) is 0 Å². The van der Waals surface area contributed by atoms with Crippen molar-refractivity contribution in [2.75, 3.05) is 6.54 Å². The Balaban J connectivity index is 2.13. The fraction of sp³-hybridized carbons (Fsp3) is 1.00. The van der Waals surface area contributed by atoms with Gasteiger partial charge in [-0.15, -0.1) is 0 Å². The predicted molar refractivity (Wildman–Crippen MR) is 76.5 cm³/mol. The second kappa shape index (κ2) is 7.21. The molecule has 23 heavy (non-hydrogen) atoms. The molecule has 0 bridgehead atoms. The number of ether oxygens (including phenoxy) is 2. The molecule has 1 aliphatic heterocycles. The van der Waals surface area contributed by atoms with E-state index in [4.69, 9.17) is 32.4 Å². The smallest absolute Gasteiger partial charge is 0.176 e. The van der Waals surface area contributed by atoms with Gasteiger partial charge in [-0.1, -0.05) is 0 Å². The van der Waals surface area contributed by atoms with E-state index in [9.17, 15) is 25.5 Å². The van der Waals surface area contributed by atoms with E-state index in [1.807, 2.05) is 0 Å². The maximum Gasteiger partial charge on any atom is 0.176 e. The molecule has 11 atom stereocenters. The number of aliphatic hydroxyl groups excluding tert-OH is 5. The van der Waals surface area contributed by atoms with Crippen LogP contribution in [-0.2, 0) is 9.47 Å². The highest BCUT2D eigenvalue weighted by atomic mass is 16.7. The average Bonchev–Trinajstić information content (AvgIpc) is 2.54. The van der Waals surface area contributed by atoms with Crippen molar-refractivity contribution >= 4 is 0 Å². The Morgan fingerprint density at radius 3 is 1.87 bits per heavy atom. The van der Waals surface area contributed by atoms with Gasteiger partial charge >= 0.3 is 0 Å². The fourth-order valence-electron chi connectivity index (χ4n) is 2.90. The molecule has 0 aromatic carbocycles. The Kier molecular flexibility index (Phi) is 5.92. The van der Waals surface area contributed by atoms with Gasteiger partial charge in [0.15, 0.2) is 6.29 Å². The molecule has 11 nitrogen and oxygen atoms in total. The molecule has 2 rings (SSSR count). The standard InChI is InChI=1S/C12H26N4O7/c13-1-2-6(17)9(20)5(16)12(22-2)23-11-4(15)7(18)3(14)8(19)10(11)21/h2-12,17-21H,1,13-16H2/t2-,3-,4+,5-,6-,7+,8+,9-,10-,11-,12-/m1/s1. The molecule has 2 fully saturated rings. The highest BCUT2D eigenvalue weighted by Gasteiger charge is 2.50. The number of aliphatic hydroxyl groups is 5. The maximum absolute atomic E-state index is 10.1. The van der Waals surface area contributed by atoms with E-state index in [0.29, 0.717) is 0 Å². The third-order valence-corrected chi connectivity index (χ3v) is 4.52. The Hall–Kier alpha value is -0.440. The molecule has 1 saturated carbocycles. The molecular formula is C12H26N4O7. The first-order chi connectivity index (χ1) is 10.7. The monoisotopic (exact) mass is 338 g/mol. The van der Waals surface area contributed by atoms with Crippen LogP contribution in [0.3, 0.4) is 0 Å². The molecule has 0 spiro atoms. The van der Waals surface area contributed by atoms with Crippen LogP contribution >= 0.6 is 0 Å². The van der Waals surface area contributed by atoms with Crippen LogP contribution in [0.1, 0.15) is 0 Å². The molecule has 11 heteroatoms. The van der Waals surface area contributed by atoms with Crippen LogP contribution in [0.5, 0.6) is 0 Å². The SMILES string of the molecule is NC[C@H]1O[C@H](O[C@@H]2[C@@H](N)[C@@H](O)[C@@H](N)[C@H](O)[C@H]2O)[C@H](N)[C@@H](O)[C@@H]1O. The minimum Gasteiger partial charge on any atom is -0.390 e.